The Hall–Kier alpha value is -0.860. The predicted octanol–water partition coefficient (Wildman–Crippen LogP) is 2.68. The van der Waals surface area contributed by atoms with Crippen LogP contribution in [-0.2, 0) is 6.42 Å². The molecule has 1 aromatic rings. The Morgan fingerprint density at radius 3 is 2.33 bits per heavy atom. The van der Waals surface area contributed by atoms with Crippen molar-refractivity contribution in [3.05, 3.63) is 34.4 Å². The van der Waals surface area contributed by atoms with E-state index in [1.54, 1.807) is 0 Å². The lowest BCUT2D eigenvalue weighted by atomic mass is 9.98. The lowest BCUT2D eigenvalue weighted by Crippen LogP contribution is -2.30. The molecule has 2 N–H and O–H groups in total. The zero-order valence-corrected chi connectivity index (χ0v) is 12.6. The molecule has 0 heterocycles. The number of aryl methyl sites for hydroxylation is 3. The van der Waals surface area contributed by atoms with E-state index in [2.05, 4.69) is 51.8 Å². The summed E-state index contributed by atoms with van der Waals surface area (Å²) in [6.45, 7) is 11.8. The van der Waals surface area contributed by atoms with E-state index in [-0.39, 0.29) is 0 Å². The van der Waals surface area contributed by atoms with Gasteiger partial charge in [-0.25, -0.2) is 0 Å². The maximum Gasteiger partial charge on any atom is 0.00190 e. The zero-order chi connectivity index (χ0) is 13.7. The first kappa shape index (κ1) is 15.2. The summed E-state index contributed by atoms with van der Waals surface area (Å²) in [5, 5.41) is 0. The van der Waals surface area contributed by atoms with Crippen LogP contribution in [0.4, 0.5) is 0 Å². The molecule has 2 nitrogen and oxygen atoms in total. The second kappa shape index (κ2) is 6.91. The van der Waals surface area contributed by atoms with Crippen molar-refractivity contribution >= 4 is 0 Å². The van der Waals surface area contributed by atoms with Gasteiger partial charge in [0.15, 0.2) is 0 Å². The SMILES string of the molecule is Cc1cc(C)c(CCN(C)CC(C)CN)cc1C. The minimum absolute atomic E-state index is 0.579. The number of hydrogen-bond donors (Lipinski definition) is 1. The summed E-state index contributed by atoms with van der Waals surface area (Å²) >= 11 is 0. The van der Waals surface area contributed by atoms with Crippen LogP contribution in [0.3, 0.4) is 0 Å². The molecule has 0 aromatic heterocycles. The minimum atomic E-state index is 0.579. The molecule has 0 saturated carbocycles. The van der Waals surface area contributed by atoms with Gasteiger partial charge in [-0.1, -0.05) is 19.1 Å². The van der Waals surface area contributed by atoms with Crippen LogP contribution in [0.2, 0.25) is 0 Å². The van der Waals surface area contributed by atoms with E-state index >= 15 is 0 Å². The highest BCUT2D eigenvalue weighted by atomic mass is 15.1. The fourth-order valence-electron chi connectivity index (χ4n) is 2.30. The highest BCUT2D eigenvalue weighted by Crippen LogP contribution is 2.16. The zero-order valence-electron chi connectivity index (χ0n) is 12.6. The second-order valence-corrected chi connectivity index (χ2v) is 5.72. The third-order valence-electron chi connectivity index (χ3n) is 3.74. The molecule has 0 radical (unpaired) electrons. The van der Waals surface area contributed by atoms with Gasteiger partial charge in [-0.2, -0.15) is 0 Å². The molecular formula is C16H28N2. The van der Waals surface area contributed by atoms with Crippen LogP contribution in [-0.4, -0.2) is 31.6 Å². The number of rotatable bonds is 6. The van der Waals surface area contributed by atoms with E-state index in [0.717, 1.165) is 26.1 Å². The van der Waals surface area contributed by atoms with Gasteiger partial charge in [0, 0.05) is 13.1 Å². The molecule has 102 valence electrons. The van der Waals surface area contributed by atoms with Crippen LogP contribution in [0.15, 0.2) is 12.1 Å². The molecule has 0 aliphatic rings. The fraction of sp³-hybridized carbons (Fsp3) is 0.625. The van der Waals surface area contributed by atoms with Gasteiger partial charge in [0.25, 0.3) is 0 Å². The van der Waals surface area contributed by atoms with E-state index < -0.39 is 0 Å². The van der Waals surface area contributed by atoms with Gasteiger partial charge in [0.05, 0.1) is 0 Å². The molecule has 1 atom stereocenters. The summed E-state index contributed by atoms with van der Waals surface area (Å²) in [4.78, 5) is 2.38. The van der Waals surface area contributed by atoms with Crippen LogP contribution in [0, 0.1) is 26.7 Å². The van der Waals surface area contributed by atoms with Crippen molar-refractivity contribution in [2.75, 3.05) is 26.7 Å². The maximum atomic E-state index is 5.66. The molecule has 2 heteroatoms. The number of benzene rings is 1. The summed E-state index contributed by atoms with van der Waals surface area (Å²) in [7, 11) is 2.18. The quantitative estimate of drug-likeness (QED) is 0.838. The van der Waals surface area contributed by atoms with Gasteiger partial charge in [-0.15, -0.1) is 0 Å². The van der Waals surface area contributed by atoms with Gasteiger partial charge in [-0.3, -0.25) is 0 Å². The number of likely N-dealkylation sites (N-methyl/N-ethyl adjacent to an activating group) is 1. The molecule has 0 saturated heterocycles. The van der Waals surface area contributed by atoms with Crippen LogP contribution in [0.1, 0.15) is 29.2 Å². The Bertz CT molecular complexity index is 385. The molecule has 18 heavy (non-hydrogen) atoms. The number of nitrogens with two attached hydrogens (primary N) is 1. The Morgan fingerprint density at radius 1 is 1.11 bits per heavy atom. The van der Waals surface area contributed by atoms with Crippen LogP contribution < -0.4 is 5.73 Å². The Labute approximate surface area is 112 Å². The molecule has 0 spiro atoms. The summed E-state index contributed by atoms with van der Waals surface area (Å²) in [5.74, 6) is 0.579. The summed E-state index contributed by atoms with van der Waals surface area (Å²) in [6, 6.07) is 4.64. The number of hydrogen-bond acceptors (Lipinski definition) is 2. The van der Waals surface area contributed by atoms with Crippen LogP contribution >= 0.6 is 0 Å². The van der Waals surface area contributed by atoms with Crippen molar-refractivity contribution in [2.24, 2.45) is 11.7 Å². The van der Waals surface area contributed by atoms with Gasteiger partial charge < -0.3 is 10.6 Å². The van der Waals surface area contributed by atoms with E-state index in [0.29, 0.717) is 5.92 Å². The van der Waals surface area contributed by atoms with Crippen molar-refractivity contribution in [1.29, 1.82) is 0 Å². The standard InChI is InChI=1S/C16H28N2/c1-12(10-17)11-18(5)7-6-16-9-14(3)13(2)8-15(16)4/h8-9,12H,6-7,10-11,17H2,1-5H3. The van der Waals surface area contributed by atoms with E-state index in [9.17, 15) is 0 Å². The maximum absolute atomic E-state index is 5.66. The summed E-state index contributed by atoms with van der Waals surface area (Å²) in [5.41, 5.74) is 11.3. The average Bonchev–Trinajstić information content (AvgIpc) is 2.32. The molecule has 1 rings (SSSR count). The van der Waals surface area contributed by atoms with Crippen molar-refractivity contribution in [3.63, 3.8) is 0 Å². The smallest absolute Gasteiger partial charge is 0.00190 e. The molecular weight excluding hydrogens is 220 g/mol. The largest absolute Gasteiger partial charge is 0.330 e. The van der Waals surface area contributed by atoms with Gasteiger partial charge in [0.2, 0.25) is 0 Å². The van der Waals surface area contributed by atoms with Gasteiger partial charge in [0.1, 0.15) is 0 Å². The predicted molar refractivity (Wildman–Crippen MR) is 80.1 cm³/mol. The van der Waals surface area contributed by atoms with Crippen molar-refractivity contribution in [2.45, 2.75) is 34.1 Å². The molecule has 0 bridgehead atoms. The summed E-state index contributed by atoms with van der Waals surface area (Å²) < 4.78 is 0. The Balaban J connectivity index is 2.55. The van der Waals surface area contributed by atoms with Gasteiger partial charge >= 0.3 is 0 Å². The highest BCUT2D eigenvalue weighted by Gasteiger charge is 2.07. The average molecular weight is 248 g/mol. The minimum Gasteiger partial charge on any atom is -0.330 e. The van der Waals surface area contributed by atoms with Crippen LogP contribution in [0.25, 0.3) is 0 Å². The monoisotopic (exact) mass is 248 g/mol. The highest BCUT2D eigenvalue weighted by molar-refractivity contribution is 5.36. The fourth-order valence-corrected chi connectivity index (χ4v) is 2.30. The normalized spacial score (nSPS) is 13.1. The first-order chi connectivity index (χ1) is 8.43. The third-order valence-corrected chi connectivity index (χ3v) is 3.74. The van der Waals surface area contributed by atoms with E-state index in [1.807, 2.05) is 0 Å². The lowest BCUT2D eigenvalue weighted by molar-refractivity contribution is 0.292. The first-order valence-electron chi connectivity index (χ1n) is 6.89. The molecule has 1 unspecified atom stereocenters. The van der Waals surface area contributed by atoms with E-state index in [1.165, 1.54) is 22.3 Å². The van der Waals surface area contributed by atoms with Crippen molar-refractivity contribution in [3.8, 4) is 0 Å². The summed E-state index contributed by atoms with van der Waals surface area (Å²) in [6.07, 6.45) is 1.13. The van der Waals surface area contributed by atoms with Crippen molar-refractivity contribution in [1.82, 2.24) is 4.90 Å². The molecule has 0 aliphatic carbocycles. The molecule has 0 amide bonds. The molecule has 1 aromatic carbocycles. The van der Waals surface area contributed by atoms with Gasteiger partial charge in [-0.05, 0) is 69.0 Å². The second-order valence-electron chi connectivity index (χ2n) is 5.72. The lowest BCUT2D eigenvalue weighted by Gasteiger charge is -2.21. The van der Waals surface area contributed by atoms with Crippen molar-refractivity contribution < 1.29 is 0 Å². The first-order valence-corrected chi connectivity index (χ1v) is 6.89. The number of nitrogens with zero attached hydrogens (tertiary/aromatic N) is 1. The molecule has 0 aliphatic heterocycles. The molecule has 0 fully saturated rings. The Morgan fingerprint density at radius 2 is 1.72 bits per heavy atom. The third kappa shape index (κ3) is 4.43. The Kier molecular flexibility index (Phi) is 5.83. The van der Waals surface area contributed by atoms with Crippen LogP contribution in [0.5, 0.6) is 0 Å². The van der Waals surface area contributed by atoms with E-state index in [4.69, 9.17) is 5.73 Å². The topological polar surface area (TPSA) is 29.3 Å².